The van der Waals surface area contributed by atoms with Crippen LogP contribution in [-0.4, -0.2) is 14.8 Å². The van der Waals surface area contributed by atoms with Crippen LogP contribution in [0.4, 0.5) is 0 Å². The lowest BCUT2D eigenvalue weighted by atomic mass is 10.2. The van der Waals surface area contributed by atoms with Gasteiger partial charge in [-0.05, 0) is 26.0 Å². The topological polar surface area (TPSA) is 56.7 Å². The molecule has 2 N–H and O–H groups in total. The van der Waals surface area contributed by atoms with E-state index in [9.17, 15) is 0 Å². The molecule has 0 bridgehead atoms. The van der Waals surface area contributed by atoms with Gasteiger partial charge < -0.3 is 5.73 Å². The maximum atomic E-state index is 6.10. The maximum absolute atomic E-state index is 6.10. The zero-order valence-electron chi connectivity index (χ0n) is 9.24. The Labute approximate surface area is 99.1 Å². The van der Waals surface area contributed by atoms with Crippen LogP contribution in [0.3, 0.4) is 0 Å². The molecule has 1 heterocycles. The van der Waals surface area contributed by atoms with Gasteiger partial charge in [-0.15, -0.1) is 0 Å². The number of halogens is 1. The van der Waals surface area contributed by atoms with Crippen LogP contribution >= 0.6 is 11.6 Å². The minimum absolute atomic E-state index is 0.382. The monoisotopic (exact) mass is 236 g/mol. The number of rotatable bonds is 2. The van der Waals surface area contributed by atoms with Gasteiger partial charge >= 0.3 is 0 Å². The smallest absolute Gasteiger partial charge is 0.148 e. The molecule has 84 valence electrons. The van der Waals surface area contributed by atoms with Crippen LogP contribution < -0.4 is 5.73 Å². The van der Waals surface area contributed by atoms with Crippen LogP contribution in [0.15, 0.2) is 18.2 Å². The van der Waals surface area contributed by atoms with E-state index in [1.165, 1.54) is 0 Å². The van der Waals surface area contributed by atoms with Gasteiger partial charge in [0.2, 0.25) is 0 Å². The van der Waals surface area contributed by atoms with Crippen molar-refractivity contribution in [1.29, 1.82) is 0 Å². The van der Waals surface area contributed by atoms with E-state index in [0.29, 0.717) is 11.6 Å². The lowest BCUT2D eigenvalue weighted by molar-refractivity contribution is 0.815. The number of hydrogen-bond donors (Lipinski definition) is 1. The summed E-state index contributed by atoms with van der Waals surface area (Å²) in [6, 6.07) is 5.65. The van der Waals surface area contributed by atoms with Crippen LogP contribution in [-0.2, 0) is 6.54 Å². The molecule has 5 heteroatoms. The molecule has 4 nitrogen and oxygen atoms in total. The SMILES string of the molecule is Cc1nc(C)n(-c2cccc(Cl)c2CN)n1. The van der Waals surface area contributed by atoms with E-state index in [0.717, 1.165) is 22.9 Å². The normalized spacial score (nSPS) is 10.8. The van der Waals surface area contributed by atoms with E-state index in [1.54, 1.807) is 4.68 Å². The molecule has 0 atom stereocenters. The lowest BCUT2D eigenvalue weighted by Crippen LogP contribution is -2.07. The van der Waals surface area contributed by atoms with Crippen molar-refractivity contribution in [2.75, 3.05) is 0 Å². The molecule has 1 aromatic carbocycles. The third-order valence-corrected chi connectivity index (χ3v) is 2.76. The van der Waals surface area contributed by atoms with Gasteiger partial charge in [0.25, 0.3) is 0 Å². The highest BCUT2D eigenvalue weighted by Gasteiger charge is 2.11. The molecule has 0 saturated carbocycles. The molecule has 0 saturated heterocycles. The van der Waals surface area contributed by atoms with Crippen LogP contribution in [0.1, 0.15) is 17.2 Å². The predicted molar refractivity (Wildman–Crippen MR) is 63.7 cm³/mol. The first-order chi connectivity index (χ1) is 7.63. The number of benzene rings is 1. The number of aromatic nitrogens is 3. The molecule has 2 aromatic rings. The molecule has 0 radical (unpaired) electrons. The van der Waals surface area contributed by atoms with E-state index in [4.69, 9.17) is 17.3 Å². The Morgan fingerprint density at radius 2 is 2.12 bits per heavy atom. The van der Waals surface area contributed by atoms with E-state index < -0.39 is 0 Å². The molecular formula is C11H13ClN4. The first kappa shape index (κ1) is 11.1. The second-order valence-corrected chi connectivity index (χ2v) is 3.97. The van der Waals surface area contributed by atoms with Crippen LogP contribution in [0.2, 0.25) is 5.02 Å². The fraction of sp³-hybridized carbons (Fsp3) is 0.273. The third kappa shape index (κ3) is 1.81. The molecule has 0 spiro atoms. The number of nitrogens with two attached hydrogens (primary N) is 1. The van der Waals surface area contributed by atoms with Gasteiger partial charge in [0, 0.05) is 17.1 Å². The molecule has 2 rings (SSSR count). The average molecular weight is 237 g/mol. The second kappa shape index (κ2) is 4.23. The molecule has 0 aliphatic carbocycles. The lowest BCUT2D eigenvalue weighted by Gasteiger charge is -2.10. The van der Waals surface area contributed by atoms with Gasteiger partial charge in [-0.25, -0.2) is 9.67 Å². The Morgan fingerprint density at radius 1 is 1.38 bits per heavy atom. The van der Waals surface area contributed by atoms with Gasteiger partial charge in [-0.1, -0.05) is 17.7 Å². The van der Waals surface area contributed by atoms with Crippen molar-refractivity contribution in [2.24, 2.45) is 5.73 Å². The van der Waals surface area contributed by atoms with Crippen molar-refractivity contribution < 1.29 is 0 Å². The Kier molecular flexibility index (Phi) is 2.94. The summed E-state index contributed by atoms with van der Waals surface area (Å²) in [4.78, 5) is 4.26. The summed E-state index contributed by atoms with van der Waals surface area (Å²) in [7, 11) is 0. The van der Waals surface area contributed by atoms with Crippen LogP contribution in [0.5, 0.6) is 0 Å². The van der Waals surface area contributed by atoms with Crippen molar-refractivity contribution in [2.45, 2.75) is 20.4 Å². The van der Waals surface area contributed by atoms with Crippen LogP contribution in [0, 0.1) is 13.8 Å². The summed E-state index contributed by atoms with van der Waals surface area (Å²) in [6.07, 6.45) is 0. The van der Waals surface area contributed by atoms with E-state index in [1.807, 2.05) is 32.0 Å². The fourth-order valence-corrected chi connectivity index (χ4v) is 1.94. The minimum atomic E-state index is 0.382. The molecule has 0 amide bonds. The summed E-state index contributed by atoms with van der Waals surface area (Å²) in [6.45, 7) is 4.14. The van der Waals surface area contributed by atoms with Crippen LogP contribution in [0.25, 0.3) is 5.69 Å². The molecule has 0 aliphatic rings. The summed E-state index contributed by atoms with van der Waals surface area (Å²) in [5, 5.41) is 4.98. The van der Waals surface area contributed by atoms with E-state index in [2.05, 4.69) is 10.1 Å². The zero-order chi connectivity index (χ0) is 11.7. The Balaban J connectivity index is 2.64. The molecule has 0 fully saturated rings. The fourth-order valence-electron chi connectivity index (χ4n) is 1.70. The molecular weight excluding hydrogens is 224 g/mol. The van der Waals surface area contributed by atoms with Gasteiger partial charge in [0.1, 0.15) is 11.6 Å². The quantitative estimate of drug-likeness (QED) is 0.868. The zero-order valence-corrected chi connectivity index (χ0v) is 9.99. The highest BCUT2D eigenvalue weighted by molar-refractivity contribution is 6.31. The Hall–Kier alpha value is -1.39. The van der Waals surface area contributed by atoms with Gasteiger partial charge in [0.05, 0.1) is 5.69 Å². The Bertz CT molecular complexity index is 519. The maximum Gasteiger partial charge on any atom is 0.148 e. The highest BCUT2D eigenvalue weighted by Crippen LogP contribution is 2.23. The highest BCUT2D eigenvalue weighted by atomic mass is 35.5. The summed E-state index contributed by atoms with van der Waals surface area (Å²) < 4.78 is 1.77. The van der Waals surface area contributed by atoms with Crippen molar-refractivity contribution in [3.8, 4) is 5.69 Å². The first-order valence-electron chi connectivity index (χ1n) is 5.01. The molecule has 1 aromatic heterocycles. The van der Waals surface area contributed by atoms with Gasteiger partial charge in [-0.3, -0.25) is 0 Å². The Morgan fingerprint density at radius 3 is 2.69 bits per heavy atom. The number of hydrogen-bond acceptors (Lipinski definition) is 3. The largest absolute Gasteiger partial charge is 0.326 e. The number of nitrogens with zero attached hydrogens (tertiary/aromatic N) is 3. The van der Waals surface area contributed by atoms with Crippen molar-refractivity contribution in [3.63, 3.8) is 0 Å². The van der Waals surface area contributed by atoms with Crippen molar-refractivity contribution in [3.05, 3.63) is 40.4 Å². The van der Waals surface area contributed by atoms with E-state index >= 15 is 0 Å². The summed E-state index contributed by atoms with van der Waals surface area (Å²) in [5.41, 5.74) is 7.48. The summed E-state index contributed by atoms with van der Waals surface area (Å²) >= 11 is 6.10. The average Bonchev–Trinajstić information content (AvgIpc) is 2.57. The predicted octanol–water partition coefficient (Wildman–Crippen LogP) is 2.00. The standard InChI is InChI=1S/C11H13ClN4/c1-7-14-8(2)16(15-7)11-5-3-4-10(12)9(11)6-13/h3-5H,6,13H2,1-2H3. The minimum Gasteiger partial charge on any atom is -0.326 e. The number of aryl methyl sites for hydroxylation is 2. The third-order valence-electron chi connectivity index (χ3n) is 2.40. The van der Waals surface area contributed by atoms with Gasteiger partial charge in [-0.2, -0.15) is 5.10 Å². The second-order valence-electron chi connectivity index (χ2n) is 3.56. The first-order valence-corrected chi connectivity index (χ1v) is 5.39. The van der Waals surface area contributed by atoms with Crippen molar-refractivity contribution >= 4 is 11.6 Å². The molecule has 0 unspecified atom stereocenters. The molecule has 16 heavy (non-hydrogen) atoms. The van der Waals surface area contributed by atoms with Gasteiger partial charge in [0.15, 0.2) is 0 Å². The molecule has 0 aliphatic heterocycles. The summed E-state index contributed by atoms with van der Waals surface area (Å²) in [5.74, 6) is 1.56. The van der Waals surface area contributed by atoms with Crippen molar-refractivity contribution in [1.82, 2.24) is 14.8 Å². The van der Waals surface area contributed by atoms with E-state index in [-0.39, 0.29) is 0 Å².